The van der Waals surface area contributed by atoms with Crippen LogP contribution < -0.4 is 5.32 Å². The van der Waals surface area contributed by atoms with Gasteiger partial charge in [0, 0.05) is 22.5 Å². The van der Waals surface area contributed by atoms with E-state index in [4.69, 9.17) is 0 Å². The summed E-state index contributed by atoms with van der Waals surface area (Å²) in [4.78, 5) is 30.4. The quantitative estimate of drug-likeness (QED) is 0.382. The summed E-state index contributed by atoms with van der Waals surface area (Å²) in [5, 5.41) is 4.25. The molecule has 3 aromatic carbocycles. The van der Waals surface area contributed by atoms with E-state index in [2.05, 4.69) is 5.32 Å². The van der Waals surface area contributed by atoms with Gasteiger partial charge >= 0.3 is 0 Å². The number of hydrogen-bond acceptors (Lipinski definition) is 2. The van der Waals surface area contributed by atoms with Crippen molar-refractivity contribution in [2.24, 2.45) is 0 Å². The molecule has 2 aliphatic rings. The summed E-state index contributed by atoms with van der Waals surface area (Å²) in [5.74, 6) is -0.886. The second-order valence-corrected chi connectivity index (χ2v) is 10.2. The number of nitrogens with zero attached hydrogens (tertiary/aromatic N) is 2. The van der Waals surface area contributed by atoms with Crippen molar-refractivity contribution in [3.05, 3.63) is 108 Å². The third kappa shape index (κ3) is 4.01. The Morgan fingerprint density at radius 2 is 1.62 bits per heavy atom. The van der Waals surface area contributed by atoms with Gasteiger partial charge in [-0.25, -0.2) is 4.39 Å². The molecular weight excluding hydrogens is 465 g/mol. The fourth-order valence-corrected chi connectivity index (χ4v) is 6.03. The van der Waals surface area contributed by atoms with E-state index in [1.165, 1.54) is 12.5 Å². The molecule has 6 rings (SSSR count). The lowest BCUT2D eigenvalue weighted by Gasteiger charge is -2.47. The maximum Gasteiger partial charge on any atom is 0.272 e. The number of carbonyl (C=O) groups is 2. The zero-order valence-corrected chi connectivity index (χ0v) is 20.7. The first-order chi connectivity index (χ1) is 18.1. The predicted molar refractivity (Wildman–Crippen MR) is 141 cm³/mol. The molecule has 1 atom stereocenters. The second-order valence-electron chi connectivity index (χ2n) is 10.2. The molecule has 2 amide bonds. The first-order valence-electron chi connectivity index (χ1n) is 13.1. The van der Waals surface area contributed by atoms with Crippen LogP contribution in [0.5, 0.6) is 0 Å². The van der Waals surface area contributed by atoms with Gasteiger partial charge in [0.2, 0.25) is 0 Å². The zero-order valence-electron chi connectivity index (χ0n) is 20.7. The largest absolute Gasteiger partial charge is 0.351 e. The molecule has 2 heterocycles. The highest BCUT2D eigenvalue weighted by Gasteiger charge is 2.53. The minimum absolute atomic E-state index is 0.0139. The minimum atomic E-state index is -1.34. The third-order valence-corrected chi connectivity index (χ3v) is 7.98. The highest BCUT2D eigenvalue weighted by molar-refractivity contribution is 6.04. The van der Waals surface area contributed by atoms with Gasteiger partial charge in [-0.3, -0.25) is 9.59 Å². The predicted octanol–water partition coefficient (Wildman–Crippen LogP) is 5.78. The van der Waals surface area contributed by atoms with Gasteiger partial charge in [-0.1, -0.05) is 86.0 Å². The van der Waals surface area contributed by atoms with Crippen LogP contribution in [0.1, 0.15) is 53.7 Å². The van der Waals surface area contributed by atoms with Crippen LogP contribution in [0.2, 0.25) is 0 Å². The minimum Gasteiger partial charge on any atom is -0.351 e. The lowest BCUT2D eigenvalue weighted by molar-refractivity contribution is -0.136. The molecule has 1 fully saturated rings. The summed E-state index contributed by atoms with van der Waals surface area (Å²) in [5.41, 5.74) is 1.17. The number of benzene rings is 3. The Labute approximate surface area is 215 Å². The van der Waals surface area contributed by atoms with Crippen molar-refractivity contribution in [3.8, 4) is 0 Å². The topological polar surface area (TPSA) is 54.3 Å². The fraction of sp³-hybridized carbons (Fsp3) is 0.290. The summed E-state index contributed by atoms with van der Waals surface area (Å²) in [6, 6.07) is 25.7. The van der Waals surface area contributed by atoms with Crippen molar-refractivity contribution >= 4 is 22.7 Å². The number of halogens is 1. The van der Waals surface area contributed by atoms with E-state index >= 15 is 0 Å². The van der Waals surface area contributed by atoms with Crippen LogP contribution in [-0.2, 0) is 23.4 Å². The highest BCUT2D eigenvalue weighted by atomic mass is 19.1. The molecule has 0 saturated heterocycles. The van der Waals surface area contributed by atoms with Gasteiger partial charge in [0.15, 0.2) is 5.54 Å². The Morgan fingerprint density at radius 3 is 2.41 bits per heavy atom. The molecule has 6 heteroatoms. The Hall–Kier alpha value is -3.93. The number of fused-ring (bicyclic) bond motifs is 3. The first kappa shape index (κ1) is 23.5. The molecule has 1 N–H and O–H groups in total. The Morgan fingerprint density at radius 1 is 0.919 bits per heavy atom. The van der Waals surface area contributed by atoms with Gasteiger partial charge in [0.05, 0.1) is 13.1 Å². The number of hydrogen-bond donors (Lipinski definition) is 1. The van der Waals surface area contributed by atoms with Crippen LogP contribution in [-0.4, -0.2) is 27.3 Å². The summed E-state index contributed by atoms with van der Waals surface area (Å²) in [6.07, 6.45) is 5.18. The summed E-state index contributed by atoms with van der Waals surface area (Å²) in [7, 11) is 0. The maximum absolute atomic E-state index is 14.9. The Balaban J connectivity index is 1.55. The number of carbonyl (C=O) groups excluding carboxylic acids is 2. The van der Waals surface area contributed by atoms with Gasteiger partial charge in [0.25, 0.3) is 11.8 Å². The van der Waals surface area contributed by atoms with Crippen LogP contribution in [0.25, 0.3) is 10.9 Å². The first-order valence-corrected chi connectivity index (χ1v) is 13.1. The lowest BCUT2D eigenvalue weighted by atomic mass is 9.83. The number of amides is 2. The van der Waals surface area contributed by atoms with E-state index in [1.54, 1.807) is 23.1 Å². The van der Waals surface area contributed by atoms with E-state index in [-0.39, 0.29) is 30.9 Å². The van der Waals surface area contributed by atoms with Crippen molar-refractivity contribution in [2.45, 2.75) is 56.8 Å². The van der Waals surface area contributed by atoms with Crippen molar-refractivity contribution < 1.29 is 14.0 Å². The lowest BCUT2D eigenvalue weighted by Crippen LogP contribution is -2.64. The molecule has 1 aromatic heterocycles. The fourth-order valence-electron chi connectivity index (χ4n) is 6.03. The van der Waals surface area contributed by atoms with E-state index < -0.39 is 11.4 Å². The molecule has 1 saturated carbocycles. The molecule has 0 spiro atoms. The van der Waals surface area contributed by atoms with Crippen molar-refractivity contribution in [1.82, 2.24) is 14.8 Å². The smallest absolute Gasteiger partial charge is 0.272 e. The Kier molecular flexibility index (Phi) is 6.03. The van der Waals surface area contributed by atoms with Crippen LogP contribution in [0.15, 0.2) is 84.9 Å². The highest BCUT2D eigenvalue weighted by Crippen LogP contribution is 2.40. The van der Waals surface area contributed by atoms with E-state index in [9.17, 15) is 14.0 Å². The normalized spacial score (nSPS) is 20.1. The van der Waals surface area contributed by atoms with Crippen LogP contribution in [0, 0.1) is 5.82 Å². The van der Waals surface area contributed by atoms with Crippen LogP contribution in [0.4, 0.5) is 4.39 Å². The molecule has 1 unspecified atom stereocenters. The van der Waals surface area contributed by atoms with Crippen molar-refractivity contribution in [2.75, 3.05) is 0 Å². The SMILES string of the molecule is O=C1c2cc3ccccc3n2CC(C(=O)NC2CCCCC2)(c2ccccc2)N1Cc1ccccc1F. The molecule has 37 heavy (non-hydrogen) atoms. The molecule has 1 aliphatic carbocycles. The zero-order chi connectivity index (χ0) is 25.4. The summed E-state index contributed by atoms with van der Waals surface area (Å²) < 4.78 is 16.9. The van der Waals surface area contributed by atoms with Crippen molar-refractivity contribution in [3.63, 3.8) is 0 Å². The van der Waals surface area contributed by atoms with Gasteiger partial charge in [0.1, 0.15) is 11.5 Å². The molecule has 1 aliphatic heterocycles. The molecule has 0 bridgehead atoms. The van der Waals surface area contributed by atoms with Gasteiger partial charge in [-0.05, 0) is 36.6 Å². The number of rotatable bonds is 5. The van der Waals surface area contributed by atoms with E-state index in [1.807, 2.05) is 65.2 Å². The second kappa shape index (κ2) is 9.51. The third-order valence-electron chi connectivity index (χ3n) is 7.98. The maximum atomic E-state index is 14.9. The van der Waals surface area contributed by atoms with Crippen LogP contribution in [0.3, 0.4) is 0 Å². The monoisotopic (exact) mass is 495 g/mol. The van der Waals surface area contributed by atoms with Gasteiger partial charge in [-0.15, -0.1) is 0 Å². The summed E-state index contributed by atoms with van der Waals surface area (Å²) in [6.45, 7) is 0.235. The number of aromatic nitrogens is 1. The van der Waals surface area contributed by atoms with Gasteiger partial charge in [-0.2, -0.15) is 0 Å². The van der Waals surface area contributed by atoms with Gasteiger partial charge < -0.3 is 14.8 Å². The summed E-state index contributed by atoms with van der Waals surface area (Å²) >= 11 is 0. The Bertz CT molecular complexity index is 1460. The molecular formula is C31H30FN3O2. The number of nitrogens with one attached hydrogen (secondary N) is 1. The average Bonchev–Trinajstić information content (AvgIpc) is 3.31. The molecule has 4 aromatic rings. The average molecular weight is 496 g/mol. The standard InChI is InChI=1S/C31H30FN3O2/c32-26-17-9-7-12-23(26)20-35-29(36)28-19-22-11-8-10-18-27(22)34(28)21-31(35,24-13-3-1-4-14-24)30(37)33-25-15-5-2-6-16-25/h1,3-4,7-14,17-19,25H,2,5-6,15-16,20-21H2,(H,33,37). The molecule has 188 valence electrons. The van der Waals surface area contributed by atoms with E-state index in [0.29, 0.717) is 11.3 Å². The van der Waals surface area contributed by atoms with E-state index in [0.717, 1.165) is 42.1 Å². The number of para-hydroxylation sites is 1. The molecule has 0 radical (unpaired) electrons. The van der Waals surface area contributed by atoms with Crippen LogP contribution >= 0.6 is 0 Å². The van der Waals surface area contributed by atoms with Crippen molar-refractivity contribution in [1.29, 1.82) is 0 Å². The molecule has 5 nitrogen and oxygen atoms in total.